The van der Waals surface area contributed by atoms with Crippen molar-refractivity contribution in [2.24, 2.45) is 5.92 Å². The van der Waals surface area contributed by atoms with Crippen LogP contribution in [0.1, 0.15) is 49.7 Å². The predicted molar refractivity (Wildman–Crippen MR) is 116 cm³/mol. The van der Waals surface area contributed by atoms with Crippen LogP contribution >= 0.6 is 0 Å². The molecule has 3 aliphatic heterocycles. The van der Waals surface area contributed by atoms with Crippen LogP contribution in [0.5, 0.6) is 0 Å². The van der Waals surface area contributed by atoms with Crippen LogP contribution in [0, 0.1) is 12.8 Å². The van der Waals surface area contributed by atoms with Gasteiger partial charge in [-0.25, -0.2) is 0 Å². The number of nitrogens with zero attached hydrogens (tertiary/aromatic N) is 3. The number of piperidine rings is 3. The molecule has 3 aliphatic rings. The van der Waals surface area contributed by atoms with Crippen molar-refractivity contribution in [1.82, 2.24) is 14.7 Å². The second-order valence-electron chi connectivity index (χ2n) is 9.32. The van der Waals surface area contributed by atoms with E-state index in [-0.39, 0.29) is 17.9 Å². The monoisotopic (exact) mass is 399 g/mol. The maximum Gasteiger partial charge on any atom is 0.225 e. The highest BCUT2D eigenvalue weighted by molar-refractivity contribution is 5.79. The number of hydrogen-bond donors (Lipinski definition) is 1. The standard InChI is InChI=1S/C24H37N3O2/c1-19-5-2-3-6-21(19)17-25-13-10-22(11-14-25)26-15-8-20(9-16-26)24(29)27-12-4-7-23(28)18-27/h2-3,5-6,20,22-23,28H,4,7-18H2,1H3. The Kier molecular flexibility index (Phi) is 6.88. The number of aliphatic hydroxyl groups excluding tert-OH is 1. The zero-order valence-electron chi connectivity index (χ0n) is 17.9. The lowest BCUT2D eigenvalue weighted by atomic mass is 9.91. The van der Waals surface area contributed by atoms with Crippen molar-refractivity contribution >= 4 is 5.91 Å². The van der Waals surface area contributed by atoms with Gasteiger partial charge in [0.2, 0.25) is 5.91 Å². The molecule has 1 unspecified atom stereocenters. The Hall–Kier alpha value is -1.43. The van der Waals surface area contributed by atoms with Crippen LogP contribution < -0.4 is 0 Å². The summed E-state index contributed by atoms with van der Waals surface area (Å²) in [6, 6.07) is 9.40. The van der Waals surface area contributed by atoms with Crippen LogP contribution in [-0.2, 0) is 11.3 Å². The minimum atomic E-state index is -0.322. The van der Waals surface area contributed by atoms with Gasteiger partial charge in [-0.2, -0.15) is 0 Å². The normalized spacial score (nSPS) is 26.0. The maximum atomic E-state index is 12.8. The first-order chi connectivity index (χ1) is 14.1. The first kappa shape index (κ1) is 20.8. The van der Waals surface area contributed by atoms with Crippen LogP contribution in [0.3, 0.4) is 0 Å². The summed E-state index contributed by atoms with van der Waals surface area (Å²) in [5, 5.41) is 9.86. The van der Waals surface area contributed by atoms with E-state index in [2.05, 4.69) is 41.0 Å². The number of carbonyl (C=O) groups is 1. The summed E-state index contributed by atoms with van der Waals surface area (Å²) in [6.45, 7) is 9.08. The third-order valence-electron chi connectivity index (χ3n) is 7.32. The van der Waals surface area contributed by atoms with Gasteiger partial charge in [0.15, 0.2) is 0 Å². The zero-order valence-corrected chi connectivity index (χ0v) is 17.9. The molecule has 1 N–H and O–H groups in total. The molecule has 1 amide bonds. The van der Waals surface area contributed by atoms with Crippen LogP contribution in [-0.4, -0.2) is 77.1 Å². The van der Waals surface area contributed by atoms with E-state index in [0.717, 1.165) is 51.9 Å². The van der Waals surface area contributed by atoms with Gasteiger partial charge in [0.1, 0.15) is 0 Å². The predicted octanol–water partition coefficient (Wildman–Crippen LogP) is 2.65. The first-order valence-electron chi connectivity index (χ1n) is 11.6. The Morgan fingerprint density at radius 1 is 1.00 bits per heavy atom. The van der Waals surface area contributed by atoms with Crippen LogP contribution in [0.2, 0.25) is 0 Å². The number of rotatable bonds is 4. The average molecular weight is 400 g/mol. The molecule has 0 spiro atoms. The number of β-amino-alcohol motifs (C(OH)–C–C–N with tert-alkyl or cyclic N) is 1. The highest BCUT2D eigenvalue weighted by Crippen LogP contribution is 2.27. The summed E-state index contributed by atoms with van der Waals surface area (Å²) in [4.78, 5) is 20.0. The van der Waals surface area contributed by atoms with Crippen molar-refractivity contribution in [1.29, 1.82) is 0 Å². The molecule has 0 aromatic heterocycles. The van der Waals surface area contributed by atoms with Crippen molar-refractivity contribution in [2.75, 3.05) is 39.3 Å². The molecule has 3 saturated heterocycles. The fourth-order valence-electron chi connectivity index (χ4n) is 5.40. The van der Waals surface area contributed by atoms with Gasteiger partial charge >= 0.3 is 0 Å². The number of carbonyl (C=O) groups excluding carboxylic acids is 1. The van der Waals surface area contributed by atoms with Gasteiger partial charge in [0.25, 0.3) is 0 Å². The summed E-state index contributed by atoms with van der Waals surface area (Å²) < 4.78 is 0. The molecule has 1 atom stereocenters. The molecule has 1 aromatic rings. The van der Waals surface area contributed by atoms with Crippen LogP contribution in [0.4, 0.5) is 0 Å². The Balaban J connectivity index is 1.21. The van der Waals surface area contributed by atoms with Crippen LogP contribution in [0.15, 0.2) is 24.3 Å². The number of aliphatic hydroxyl groups is 1. The van der Waals surface area contributed by atoms with E-state index >= 15 is 0 Å². The molecule has 4 rings (SSSR count). The molecule has 160 valence electrons. The van der Waals surface area contributed by atoms with Gasteiger partial charge in [0, 0.05) is 31.6 Å². The third kappa shape index (κ3) is 5.19. The van der Waals surface area contributed by atoms with E-state index in [4.69, 9.17) is 0 Å². The van der Waals surface area contributed by atoms with Gasteiger partial charge < -0.3 is 14.9 Å². The molecule has 5 nitrogen and oxygen atoms in total. The molecule has 0 bridgehead atoms. The average Bonchev–Trinajstić information content (AvgIpc) is 2.75. The maximum absolute atomic E-state index is 12.8. The van der Waals surface area contributed by atoms with Crippen molar-refractivity contribution in [2.45, 2.75) is 64.1 Å². The van der Waals surface area contributed by atoms with Crippen molar-refractivity contribution in [3.8, 4) is 0 Å². The number of benzene rings is 1. The molecule has 5 heteroatoms. The van der Waals surface area contributed by atoms with Gasteiger partial charge in [0.05, 0.1) is 6.10 Å². The third-order valence-corrected chi connectivity index (χ3v) is 7.32. The summed E-state index contributed by atoms with van der Waals surface area (Å²) in [5.41, 5.74) is 2.84. The van der Waals surface area contributed by atoms with Crippen molar-refractivity contribution < 1.29 is 9.90 Å². The Labute approximate surface area is 175 Å². The van der Waals surface area contributed by atoms with E-state index in [1.807, 2.05) is 4.90 Å². The lowest BCUT2D eigenvalue weighted by Crippen LogP contribution is -2.50. The lowest BCUT2D eigenvalue weighted by Gasteiger charge is -2.42. The Morgan fingerprint density at radius 2 is 1.72 bits per heavy atom. The SMILES string of the molecule is Cc1ccccc1CN1CCC(N2CCC(C(=O)N3CCCC(O)C3)CC2)CC1. The fraction of sp³-hybridized carbons (Fsp3) is 0.708. The Morgan fingerprint density at radius 3 is 2.41 bits per heavy atom. The topological polar surface area (TPSA) is 47.0 Å². The fourth-order valence-corrected chi connectivity index (χ4v) is 5.40. The summed E-state index contributed by atoms with van der Waals surface area (Å²) in [6.07, 6.45) is 5.89. The zero-order chi connectivity index (χ0) is 20.2. The Bertz CT molecular complexity index is 678. The minimum absolute atomic E-state index is 0.165. The van der Waals surface area contributed by atoms with E-state index in [0.29, 0.717) is 12.6 Å². The van der Waals surface area contributed by atoms with Crippen molar-refractivity contribution in [3.05, 3.63) is 35.4 Å². The molecule has 0 radical (unpaired) electrons. The highest BCUT2D eigenvalue weighted by atomic mass is 16.3. The molecule has 3 fully saturated rings. The quantitative estimate of drug-likeness (QED) is 0.846. The number of aryl methyl sites for hydroxylation is 1. The minimum Gasteiger partial charge on any atom is -0.391 e. The molecule has 29 heavy (non-hydrogen) atoms. The lowest BCUT2D eigenvalue weighted by molar-refractivity contribution is -0.140. The van der Waals surface area contributed by atoms with Crippen LogP contribution in [0.25, 0.3) is 0 Å². The molecular formula is C24H37N3O2. The van der Waals surface area contributed by atoms with Gasteiger partial charge in [-0.1, -0.05) is 24.3 Å². The van der Waals surface area contributed by atoms with E-state index in [1.54, 1.807) is 0 Å². The summed E-state index contributed by atoms with van der Waals surface area (Å²) in [5.74, 6) is 0.453. The number of hydrogen-bond acceptors (Lipinski definition) is 4. The smallest absolute Gasteiger partial charge is 0.225 e. The van der Waals surface area contributed by atoms with E-state index in [9.17, 15) is 9.90 Å². The molecule has 0 saturated carbocycles. The van der Waals surface area contributed by atoms with Gasteiger partial charge in [-0.15, -0.1) is 0 Å². The molecule has 1 aromatic carbocycles. The van der Waals surface area contributed by atoms with Crippen molar-refractivity contribution in [3.63, 3.8) is 0 Å². The second kappa shape index (κ2) is 9.59. The molecular weight excluding hydrogens is 362 g/mol. The number of likely N-dealkylation sites (tertiary alicyclic amines) is 3. The van der Waals surface area contributed by atoms with E-state index < -0.39 is 0 Å². The summed E-state index contributed by atoms with van der Waals surface area (Å²) >= 11 is 0. The molecule has 0 aliphatic carbocycles. The van der Waals surface area contributed by atoms with Gasteiger partial charge in [-0.3, -0.25) is 9.69 Å². The second-order valence-corrected chi connectivity index (χ2v) is 9.32. The number of amides is 1. The molecule has 3 heterocycles. The largest absolute Gasteiger partial charge is 0.391 e. The summed E-state index contributed by atoms with van der Waals surface area (Å²) in [7, 11) is 0. The van der Waals surface area contributed by atoms with E-state index in [1.165, 1.54) is 37.1 Å². The highest BCUT2D eigenvalue weighted by Gasteiger charge is 2.33. The first-order valence-corrected chi connectivity index (χ1v) is 11.6. The van der Waals surface area contributed by atoms with Gasteiger partial charge in [-0.05, 0) is 82.8 Å².